The molecular weight excluding hydrogens is 272 g/mol. The molecule has 0 unspecified atom stereocenters. The molecule has 0 aliphatic heterocycles. The average molecular weight is 284 g/mol. The summed E-state index contributed by atoms with van der Waals surface area (Å²) >= 11 is 11.9. The second kappa shape index (κ2) is 6.19. The van der Waals surface area contributed by atoms with Crippen LogP contribution in [0, 0.1) is 5.82 Å². The molecule has 0 aliphatic rings. The molecule has 0 bridgehead atoms. The van der Waals surface area contributed by atoms with Gasteiger partial charge in [0, 0.05) is 23.1 Å². The molecular formula is C14H12Cl2FN. The first-order valence-electron chi connectivity index (χ1n) is 5.54. The Morgan fingerprint density at radius 2 is 1.83 bits per heavy atom. The summed E-state index contributed by atoms with van der Waals surface area (Å²) < 4.78 is 13.0. The number of nitrogens with one attached hydrogen (secondary N) is 1. The van der Waals surface area contributed by atoms with Gasteiger partial charge in [0.05, 0.1) is 0 Å². The van der Waals surface area contributed by atoms with Gasteiger partial charge in [0.2, 0.25) is 0 Å². The molecule has 0 atom stereocenters. The molecule has 94 valence electrons. The number of hydrogen-bond acceptors (Lipinski definition) is 1. The van der Waals surface area contributed by atoms with Crippen molar-refractivity contribution < 1.29 is 4.39 Å². The van der Waals surface area contributed by atoms with Gasteiger partial charge in [-0.05, 0) is 41.5 Å². The molecule has 0 fully saturated rings. The number of benzene rings is 2. The zero-order valence-electron chi connectivity index (χ0n) is 9.59. The van der Waals surface area contributed by atoms with E-state index >= 15 is 0 Å². The van der Waals surface area contributed by atoms with E-state index in [1.54, 1.807) is 18.2 Å². The number of halogens is 3. The molecule has 0 heterocycles. The molecule has 2 rings (SSSR count). The quantitative estimate of drug-likeness (QED) is 0.876. The lowest BCUT2D eigenvalue weighted by molar-refractivity contribution is 0.620. The zero-order valence-corrected chi connectivity index (χ0v) is 11.1. The predicted molar refractivity (Wildman–Crippen MR) is 73.4 cm³/mol. The van der Waals surface area contributed by atoms with Crippen LogP contribution in [0.25, 0.3) is 0 Å². The van der Waals surface area contributed by atoms with Crippen LogP contribution < -0.4 is 5.32 Å². The third-order valence-electron chi connectivity index (χ3n) is 2.54. The molecule has 0 radical (unpaired) electrons. The molecule has 0 aromatic heterocycles. The first-order valence-corrected chi connectivity index (χ1v) is 6.30. The highest BCUT2D eigenvalue weighted by atomic mass is 35.5. The summed E-state index contributed by atoms with van der Waals surface area (Å²) in [5.41, 5.74) is 1.83. The minimum atomic E-state index is -0.227. The van der Waals surface area contributed by atoms with Crippen molar-refractivity contribution in [2.75, 3.05) is 0 Å². The smallest absolute Gasteiger partial charge is 0.123 e. The van der Waals surface area contributed by atoms with E-state index in [2.05, 4.69) is 5.32 Å². The van der Waals surface area contributed by atoms with Crippen molar-refractivity contribution >= 4 is 23.2 Å². The van der Waals surface area contributed by atoms with Gasteiger partial charge in [0.15, 0.2) is 0 Å². The fraction of sp³-hybridized carbons (Fsp3) is 0.143. The van der Waals surface area contributed by atoms with E-state index in [1.165, 1.54) is 12.1 Å². The van der Waals surface area contributed by atoms with E-state index in [1.807, 2.05) is 12.1 Å². The lowest BCUT2D eigenvalue weighted by Gasteiger charge is -2.07. The summed E-state index contributed by atoms with van der Waals surface area (Å²) in [4.78, 5) is 0. The fourth-order valence-corrected chi connectivity index (χ4v) is 2.05. The van der Waals surface area contributed by atoms with Crippen molar-refractivity contribution in [2.45, 2.75) is 13.1 Å². The van der Waals surface area contributed by atoms with Gasteiger partial charge >= 0.3 is 0 Å². The number of hydrogen-bond donors (Lipinski definition) is 1. The molecule has 0 saturated heterocycles. The van der Waals surface area contributed by atoms with Crippen molar-refractivity contribution in [3.63, 3.8) is 0 Å². The van der Waals surface area contributed by atoms with Gasteiger partial charge in [-0.15, -0.1) is 0 Å². The van der Waals surface area contributed by atoms with Crippen LogP contribution in [0.15, 0.2) is 42.5 Å². The molecule has 0 saturated carbocycles. The highest BCUT2D eigenvalue weighted by molar-refractivity contribution is 6.33. The minimum absolute atomic E-state index is 0.227. The van der Waals surface area contributed by atoms with Crippen LogP contribution in [-0.4, -0.2) is 0 Å². The molecule has 1 N–H and O–H groups in total. The van der Waals surface area contributed by atoms with Gasteiger partial charge in [0.1, 0.15) is 5.82 Å². The molecule has 0 spiro atoms. The number of rotatable bonds is 4. The van der Waals surface area contributed by atoms with E-state index in [9.17, 15) is 4.39 Å². The summed E-state index contributed by atoms with van der Waals surface area (Å²) in [5, 5.41) is 4.53. The van der Waals surface area contributed by atoms with E-state index in [4.69, 9.17) is 23.2 Å². The molecule has 4 heteroatoms. The SMILES string of the molecule is Fc1cccc(CNCc2cc(Cl)ccc2Cl)c1. The zero-order chi connectivity index (χ0) is 13.0. The Balaban J connectivity index is 1.94. The third kappa shape index (κ3) is 3.70. The van der Waals surface area contributed by atoms with Crippen LogP contribution in [-0.2, 0) is 13.1 Å². The third-order valence-corrected chi connectivity index (χ3v) is 3.15. The van der Waals surface area contributed by atoms with Gasteiger partial charge in [-0.1, -0.05) is 35.3 Å². The summed E-state index contributed by atoms with van der Waals surface area (Å²) in [5.74, 6) is -0.227. The maximum absolute atomic E-state index is 13.0. The van der Waals surface area contributed by atoms with Gasteiger partial charge in [-0.2, -0.15) is 0 Å². The van der Waals surface area contributed by atoms with Crippen LogP contribution >= 0.6 is 23.2 Å². The van der Waals surface area contributed by atoms with Crippen molar-refractivity contribution in [3.05, 3.63) is 69.5 Å². The first kappa shape index (κ1) is 13.3. The largest absolute Gasteiger partial charge is 0.309 e. The molecule has 0 amide bonds. The Hall–Kier alpha value is -1.09. The Morgan fingerprint density at radius 3 is 2.61 bits per heavy atom. The monoisotopic (exact) mass is 283 g/mol. The minimum Gasteiger partial charge on any atom is -0.309 e. The topological polar surface area (TPSA) is 12.0 Å². The summed E-state index contributed by atoms with van der Waals surface area (Å²) in [6.07, 6.45) is 0. The van der Waals surface area contributed by atoms with E-state index in [-0.39, 0.29) is 5.82 Å². The Morgan fingerprint density at radius 1 is 1.00 bits per heavy atom. The fourth-order valence-electron chi connectivity index (χ4n) is 1.67. The Labute approximate surface area is 116 Å². The Kier molecular flexibility index (Phi) is 4.59. The second-order valence-corrected chi connectivity index (χ2v) is 4.81. The normalized spacial score (nSPS) is 10.6. The van der Waals surface area contributed by atoms with Crippen LogP contribution in [0.3, 0.4) is 0 Å². The van der Waals surface area contributed by atoms with Crippen LogP contribution in [0.2, 0.25) is 10.0 Å². The molecule has 0 aliphatic carbocycles. The van der Waals surface area contributed by atoms with Crippen molar-refractivity contribution in [2.24, 2.45) is 0 Å². The van der Waals surface area contributed by atoms with Crippen LogP contribution in [0.5, 0.6) is 0 Å². The van der Waals surface area contributed by atoms with Crippen molar-refractivity contribution in [1.29, 1.82) is 0 Å². The molecule has 1 nitrogen and oxygen atoms in total. The lowest BCUT2D eigenvalue weighted by Crippen LogP contribution is -2.13. The lowest BCUT2D eigenvalue weighted by atomic mass is 10.2. The summed E-state index contributed by atoms with van der Waals surface area (Å²) in [6.45, 7) is 1.18. The average Bonchev–Trinajstić information content (AvgIpc) is 2.34. The summed E-state index contributed by atoms with van der Waals surface area (Å²) in [7, 11) is 0. The van der Waals surface area contributed by atoms with E-state index < -0.39 is 0 Å². The highest BCUT2D eigenvalue weighted by Gasteiger charge is 2.01. The van der Waals surface area contributed by atoms with Crippen LogP contribution in [0.1, 0.15) is 11.1 Å². The maximum Gasteiger partial charge on any atom is 0.123 e. The summed E-state index contributed by atoms with van der Waals surface area (Å²) in [6, 6.07) is 11.8. The maximum atomic E-state index is 13.0. The first-order chi connectivity index (χ1) is 8.65. The molecule has 18 heavy (non-hydrogen) atoms. The van der Waals surface area contributed by atoms with E-state index in [0.717, 1.165) is 11.1 Å². The second-order valence-electron chi connectivity index (χ2n) is 3.97. The standard InChI is InChI=1S/C14H12Cl2FN/c15-12-4-5-14(16)11(7-12)9-18-8-10-2-1-3-13(17)6-10/h1-7,18H,8-9H2. The van der Waals surface area contributed by atoms with E-state index in [0.29, 0.717) is 23.1 Å². The predicted octanol–water partition coefficient (Wildman–Crippen LogP) is 4.42. The Bertz CT molecular complexity index is 543. The van der Waals surface area contributed by atoms with Gasteiger partial charge in [-0.25, -0.2) is 4.39 Å². The van der Waals surface area contributed by atoms with Gasteiger partial charge in [-0.3, -0.25) is 0 Å². The van der Waals surface area contributed by atoms with Crippen LogP contribution in [0.4, 0.5) is 4.39 Å². The van der Waals surface area contributed by atoms with Crippen molar-refractivity contribution in [1.82, 2.24) is 5.32 Å². The highest BCUT2D eigenvalue weighted by Crippen LogP contribution is 2.20. The molecule has 2 aromatic rings. The van der Waals surface area contributed by atoms with Gasteiger partial charge < -0.3 is 5.32 Å². The van der Waals surface area contributed by atoms with Gasteiger partial charge in [0.25, 0.3) is 0 Å². The van der Waals surface area contributed by atoms with Crippen molar-refractivity contribution in [3.8, 4) is 0 Å². The molecule has 2 aromatic carbocycles.